The molecule has 3 unspecified atom stereocenters. The molecule has 3 atom stereocenters. The number of amides is 1. The molecule has 0 aromatic heterocycles. The lowest BCUT2D eigenvalue weighted by molar-refractivity contribution is 0.0600. The van der Waals surface area contributed by atoms with Gasteiger partial charge in [0, 0.05) is 26.7 Å². The maximum atomic E-state index is 10.5. The number of hydrogen-bond donors (Lipinski definition) is 3. The van der Waals surface area contributed by atoms with Gasteiger partial charge in [0.1, 0.15) is 5.60 Å². The summed E-state index contributed by atoms with van der Waals surface area (Å²) in [4.78, 5) is 10.0. The Bertz CT molecular complexity index is 761. The number of carbonyl (C=O) groups excluding carboxylic acids is 1. The van der Waals surface area contributed by atoms with Gasteiger partial charge in [-0.15, -0.1) is 0 Å². The number of nitrogens with two attached hydrogens (primary N) is 1. The van der Waals surface area contributed by atoms with E-state index in [1.54, 1.807) is 35.0 Å². The molecule has 0 spiro atoms. The Morgan fingerprint density at radius 3 is 2.05 bits per heavy atom. The summed E-state index contributed by atoms with van der Waals surface area (Å²) >= 11 is 0. The highest BCUT2D eigenvalue weighted by atomic mass is 16.6. The number of methoxy groups -OCH3 is 2. The molecule has 0 bridgehead atoms. The standard InChI is InChI=1S/C25H44O5.C5H11NO2/c1-18(2)21(9-10-23(27)16-22(17-26)19(3)4)14-20-8-11-24(29-6)25(15-20)30-13-7-12-28-5;1-5(2,3)8-4(6)7/h8,11,15,18-19,21-23,26-27H,7,9-10,12-14,16-17H2,1-6H3;1-3H3,(H2,6,7). The Balaban J connectivity index is 0.00000147. The second kappa shape index (κ2) is 19.1. The fourth-order valence-electron chi connectivity index (χ4n) is 4.05. The van der Waals surface area contributed by atoms with E-state index in [4.69, 9.17) is 19.9 Å². The monoisotopic (exact) mass is 541 g/mol. The fraction of sp³-hybridized carbons (Fsp3) is 0.767. The van der Waals surface area contributed by atoms with Crippen molar-refractivity contribution in [3.05, 3.63) is 23.8 Å². The SMILES string of the molecule is CC(C)(C)OC(N)=O.COCCCOc1cc(CC(CCC(O)CC(CO)C(C)C)C(C)C)ccc1OC. The van der Waals surface area contributed by atoms with Gasteiger partial charge in [-0.25, -0.2) is 4.79 Å². The minimum Gasteiger partial charge on any atom is -0.493 e. The van der Waals surface area contributed by atoms with E-state index in [0.717, 1.165) is 37.2 Å². The molecule has 8 heteroatoms. The van der Waals surface area contributed by atoms with Gasteiger partial charge in [0.05, 0.1) is 19.8 Å². The lowest BCUT2D eigenvalue weighted by atomic mass is 9.83. The predicted molar refractivity (Wildman–Crippen MR) is 153 cm³/mol. The van der Waals surface area contributed by atoms with Gasteiger partial charge in [0.15, 0.2) is 11.5 Å². The summed E-state index contributed by atoms with van der Waals surface area (Å²) in [6.07, 6.45) is 3.09. The molecular weight excluding hydrogens is 486 g/mol. The number of primary amides is 1. The van der Waals surface area contributed by atoms with Gasteiger partial charge in [0.25, 0.3) is 0 Å². The summed E-state index contributed by atoms with van der Waals surface area (Å²) in [6.45, 7) is 15.4. The summed E-state index contributed by atoms with van der Waals surface area (Å²) in [5.41, 5.74) is 5.49. The Hall–Kier alpha value is -2.03. The average molecular weight is 542 g/mol. The summed E-state index contributed by atoms with van der Waals surface area (Å²) in [5, 5.41) is 20.0. The molecule has 0 heterocycles. The first-order chi connectivity index (χ1) is 17.7. The minimum absolute atomic E-state index is 0.140. The molecule has 1 rings (SSSR count). The molecule has 38 heavy (non-hydrogen) atoms. The molecule has 1 aromatic rings. The second-order valence-electron chi connectivity index (χ2n) is 11.6. The van der Waals surface area contributed by atoms with Crippen molar-refractivity contribution in [2.24, 2.45) is 29.4 Å². The quantitative estimate of drug-likeness (QED) is 0.233. The van der Waals surface area contributed by atoms with Crippen molar-refractivity contribution in [2.45, 2.75) is 92.3 Å². The van der Waals surface area contributed by atoms with Crippen LogP contribution in [-0.4, -0.2) is 62.1 Å². The third kappa shape index (κ3) is 16.7. The van der Waals surface area contributed by atoms with Gasteiger partial charge in [0.2, 0.25) is 0 Å². The molecule has 1 aromatic carbocycles. The Labute approximate surface area is 231 Å². The smallest absolute Gasteiger partial charge is 0.405 e. The number of aliphatic hydroxyl groups excluding tert-OH is 2. The molecular formula is C30H55NO7. The van der Waals surface area contributed by atoms with E-state index in [0.29, 0.717) is 37.4 Å². The van der Waals surface area contributed by atoms with Crippen LogP contribution >= 0.6 is 0 Å². The molecule has 0 saturated heterocycles. The van der Waals surface area contributed by atoms with E-state index in [-0.39, 0.29) is 18.6 Å². The van der Waals surface area contributed by atoms with E-state index < -0.39 is 11.7 Å². The lowest BCUT2D eigenvalue weighted by Crippen LogP contribution is -2.27. The van der Waals surface area contributed by atoms with Gasteiger partial charge in [-0.3, -0.25) is 0 Å². The van der Waals surface area contributed by atoms with Crippen LogP contribution < -0.4 is 15.2 Å². The summed E-state index contributed by atoms with van der Waals surface area (Å²) in [7, 11) is 3.35. The van der Waals surface area contributed by atoms with Crippen LogP contribution in [0.15, 0.2) is 18.2 Å². The third-order valence-corrected chi connectivity index (χ3v) is 6.45. The minimum atomic E-state index is -0.725. The van der Waals surface area contributed by atoms with Gasteiger partial charge < -0.3 is 34.9 Å². The second-order valence-corrected chi connectivity index (χ2v) is 11.6. The zero-order valence-corrected chi connectivity index (χ0v) is 25.3. The molecule has 0 aliphatic carbocycles. The molecule has 0 saturated carbocycles. The van der Waals surface area contributed by atoms with E-state index in [1.807, 2.05) is 6.07 Å². The summed E-state index contributed by atoms with van der Waals surface area (Å²) in [5.74, 6) is 3.06. The molecule has 0 fully saturated rings. The van der Waals surface area contributed by atoms with E-state index >= 15 is 0 Å². The van der Waals surface area contributed by atoms with Crippen LogP contribution in [0.3, 0.4) is 0 Å². The number of hydrogen-bond acceptors (Lipinski definition) is 7. The number of carbonyl (C=O) groups is 1. The van der Waals surface area contributed by atoms with Crippen LogP contribution in [0.1, 0.15) is 79.7 Å². The number of aliphatic hydroxyl groups is 2. The van der Waals surface area contributed by atoms with Crippen molar-refractivity contribution in [3.63, 3.8) is 0 Å². The van der Waals surface area contributed by atoms with E-state index in [9.17, 15) is 15.0 Å². The molecule has 0 aliphatic heterocycles. The van der Waals surface area contributed by atoms with Gasteiger partial charge in [-0.1, -0.05) is 33.8 Å². The molecule has 8 nitrogen and oxygen atoms in total. The van der Waals surface area contributed by atoms with Crippen molar-refractivity contribution < 1.29 is 34.0 Å². The first kappa shape index (κ1) is 36.0. The topological polar surface area (TPSA) is 120 Å². The van der Waals surface area contributed by atoms with Crippen LogP contribution in [0, 0.1) is 23.7 Å². The van der Waals surface area contributed by atoms with Crippen molar-refractivity contribution in [1.82, 2.24) is 0 Å². The van der Waals surface area contributed by atoms with Gasteiger partial charge >= 0.3 is 6.09 Å². The van der Waals surface area contributed by atoms with Crippen LogP contribution in [0.25, 0.3) is 0 Å². The molecule has 0 aliphatic rings. The van der Waals surface area contributed by atoms with Crippen molar-refractivity contribution >= 4 is 6.09 Å². The number of rotatable bonds is 16. The molecule has 0 radical (unpaired) electrons. The highest BCUT2D eigenvalue weighted by molar-refractivity contribution is 5.65. The predicted octanol–water partition coefficient (Wildman–Crippen LogP) is 5.60. The maximum Gasteiger partial charge on any atom is 0.405 e. The Morgan fingerprint density at radius 1 is 0.974 bits per heavy atom. The number of benzene rings is 1. The summed E-state index contributed by atoms with van der Waals surface area (Å²) < 4.78 is 21.0. The van der Waals surface area contributed by atoms with Crippen LogP contribution in [0.4, 0.5) is 4.79 Å². The molecule has 4 N–H and O–H groups in total. The van der Waals surface area contributed by atoms with Gasteiger partial charge in [-0.05, 0) is 87.8 Å². The third-order valence-electron chi connectivity index (χ3n) is 6.45. The number of ether oxygens (including phenoxy) is 4. The van der Waals surface area contributed by atoms with Crippen LogP contribution in [-0.2, 0) is 15.9 Å². The Morgan fingerprint density at radius 2 is 1.61 bits per heavy atom. The van der Waals surface area contributed by atoms with E-state index in [2.05, 4.69) is 44.6 Å². The van der Waals surface area contributed by atoms with Crippen molar-refractivity contribution in [3.8, 4) is 11.5 Å². The van der Waals surface area contributed by atoms with Gasteiger partial charge in [-0.2, -0.15) is 0 Å². The zero-order valence-electron chi connectivity index (χ0n) is 25.3. The van der Waals surface area contributed by atoms with E-state index in [1.165, 1.54) is 5.56 Å². The largest absolute Gasteiger partial charge is 0.493 e. The van der Waals surface area contributed by atoms with Crippen molar-refractivity contribution in [2.75, 3.05) is 34.0 Å². The molecule has 1 amide bonds. The lowest BCUT2D eigenvalue weighted by Gasteiger charge is -2.25. The summed E-state index contributed by atoms with van der Waals surface area (Å²) in [6, 6.07) is 6.16. The van der Waals surface area contributed by atoms with Crippen LogP contribution in [0.2, 0.25) is 0 Å². The average Bonchev–Trinajstić information content (AvgIpc) is 2.81. The highest BCUT2D eigenvalue weighted by Crippen LogP contribution is 2.31. The first-order valence-electron chi connectivity index (χ1n) is 13.8. The normalized spacial score (nSPS) is 13.9. The first-order valence-corrected chi connectivity index (χ1v) is 13.8. The highest BCUT2D eigenvalue weighted by Gasteiger charge is 2.21. The van der Waals surface area contributed by atoms with Crippen molar-refractivity contribution in [1.29, 1.82) is 0 Å². The Kier molecular flexibility index (Phi) is 18.1. The fourth-order valence-corrected chi connectivity index (χ4v) is 4.05. The maximum absolute atomic E-state index is 10.5. The van der Waals surface area contributed by atoms with Crippen LogP contribution in [0.5, 0.6) is 11.5 Å². The molecule has 222 valence electrons. The zero-order chi connectivity index (χ0) is 29.3.